The van der Waals surface area contributed by atoms with Crippen LogP contribution in [0.4, 0.5) is 13.2 Å². The minimum Gasteiger partial charge on any atom is -0.466 e. The number of ether oxygens (including phenoxy) is 2. The van der Waals surface area contributed by atoms with E-state index in [4.69, 9.17) is 4.74 Å². The predicted molar refractivity (Wildman–Crippen MR) is 62.8 cm³/mol. The first-order valence-electron chi connectivity index (χ1n) is 5.89. The van der Waals surface area contributed by atoms with Crippen molar-refractivity contribution in [3.05, 3.63) is 29.3 Å². The topological polar surface area (TPSA) is 35.5 Å². The quantitative estimate of drug-likeness (QED) is 0.774. The summed E-state index contributed by atoms with van der Waals surface area (Å²) in [6.45, 7) is 3.63. The maximum absolute atomic E-state index is 12.3. The number of carbonyl (C=O) groups excluding carboxylic acids is 1. The molecule has 1 rings (SSSR count). The summed E-state index contributed by atoms with van der Waals surface area (Å²) in [6, 6.07) is 4.41. The van der Waals surface area contributed by atoms with E-state index in [0.29, 0.717) is 12.0 Å². The molecule has 0 unspecified atom stereocenters. The van der Waals surface area contributed by atoms with Crippen LogP contribution in [-0.2, 0) is 22.4 Å². The van der Waals surface area contributed by atoms with Crippen LogP contribution in [0.5, 0.6) is 5.75 Å². The van der Waals surface area contributed by atoms with E-state index < -0.39 is 12.3 Å². The molecule has 0 saturated heterocycles. The number of hydrogen-bond donors (Lipinski definition) is 0. The molecule has 1 aromatic carbocycles. The number of halogens is 3. The van der Waals surface area contributed by atoms with Crippen molar-refractivity contribution in [3.63, 3.8) is 0 Å². The second-order valence-electron chi connectivity index (χ2n) is 3.83. The van der Waals surface area contributed by atoms with Gasteiger partial charge in [-0.1, -0.05) is 19.1 Å². The summed E-state index contributed by atoms with van der Waals surface area (Å²) in [4.78, 5) is 11.3. The second kappa shape index (κ2) is 6.45. The van der Waals surface area contributed by atoms with Crippen LogP contribution >= 0.6 is 0 Å². The van der Waals surface area contributed by atoms with Gasteiger partial charge in [0, 0.05) is 5.56 Å². The number of aryl methyl sites for hydroxylation is 1. The van der Waals surface area contributed by atoms with Crippen LogP contribution in [0.3, 0.4) is 0 Å². The molecule has 0 N–H and O–H groups in total. The van der Waals surface area contributed by atoms with E-state index in [1.165, 1.54) is 12.1 Å². The Morgan fingerprint density at radius 2 is 1.95 bits per heavy atom. The summed E-state index contributed by atoms with van der Waals surface area (Å²) in [7, 11) is 0. The summed E-state index contributed by atoms with van der Waals surface area (Å²) in [5.41, 5.74) is 0.861. The molecular weight excluding hydrogens is 261 g/mol. The van der Waals surface area contributed by atoms with Gasteiger partial charge in [-0.2, -0.15) is 0 Å². The van der Waals surface area contributed by atoms with Crippen LogP contribution < -0.4 is 4.74 Å². The molecule has 0 aliphatic rings. The SMILES string of the molecule is CCOC(=O)Cc1ccc(CC)cc1OC(F)(F)F. The van der Waals surface area contributed by atoms with Crippen molar-refractivity contribution in [2.75, 3.05) is 6.61 Å². The van der Waals surface area contributed by atoms with Crippen molar-refractivity contribution in [1.82, 2.24) is 0 Å². The molecule has 0 fully saturated rings. The first-order valence-corrected chi connectivity index (χ1v) is 5.89. The number of rotatable bonds is 5. The molecule has 19 heavy (non-hydrogen) atoms. The fourth-order valence-electron chi connectivity index (χ4n) is 1.55. The summed E-state index contributed by atoms with van der Waals surface area (Å²) < 4.78 is 45.6. The van der Waals surface area contributed by atoms with Crippen molar-refractivity contribution in [2.24, 2.45) is 0 Å². The molecule has 0 atom stereocenters. The van der Waals surface area contributed by atoms with Gasteiger partial charge in [-0.3, -0.25) is 4.79 Å². The van der Waals surface area contributed by atoms with Gasteiger partial charge < -0.3 is 9.47 Å². The van der Waals surface area contributed by atoms with Crippen molar-refractivity contribution >= 4 is 5.97 Å². The largest absolute Gasteiger partial charge is 0.573 e. The lowest BCUT2D eigenvalue weighted by Gasteiger charge is -2.14. The molecule has 0 aliphatic heterocycles. The Morgan fingerprint density at radius 3 is 2.47 bits per heavy atom. The third-order valence-corrected chi connectivity index (χ3v) is 2.41. The van der Waals surface area contributed by atoms with Crippen LogP contribution in [0, 0.1) is 0 Å². The lowest BCUT2D eigenvalue weighted by Crippen LogP contribution is -2.19. The molecule has 0 heterocycles. The fourth-order valence-corrected chi connectivity index (χ4v) is 1.55. The van der Waals surface area contributed by atoms with E-state index in [1.807, 2.05) is 6.92 Å². The molecule has 0 spiro atoms. The third kappa shape index (κ3) is 5.19. The predicted octanol–water partition coefficient (Wildman–Crippen LogP) is 3.25. The van der Waals surface area contributed by atoms with Gasteiger partial charge in [-0.25, -0.2) is 0 Å². The van der Waals surface area contributed by atoms with Crippen LogP contribution in [0.2, 0.25) is 0 Å². The van der Waals surface area contributed by atoms with E-state index in [9.17, 15) is 18.0 Å². The summed E-state index contributed by atoms with van der Waals surface area (Å²) in [5.74, 6) is -0.932. The lowest BCUT2D eigenvalue weighted by molar-refractivity contribution is -0.275. The molecular formula is C13H15F3O3. The summed E-state index contributed by atoms with van der Waals surface area (Å²) in [5, 5.41) is 0. The van der Waals surface area contributed by atoms with Gasteiger partial charge in [0.2, 0.25) is 0 Å². The molecule has 106 valence electrons. The molecule has 0 bridgehead atoms. The standard InChI is InChI=1S/C13H15F3O3/c1-3-9-5-6-10(8-12(17)18-4-2)11(7-9)19-13(14,15)16/h5-7H,3-4,8H2,1-2H3. The Bertz CT molecular complexity index is 441. The highest BCUT2D eigenvalue weighted by molar-refractivity contribution is 5.73. The maximum Gasteiger partial charge on any atom is 0.573 e. The van der Waals surface area contributed by atoms with E-state index in [1.54, 1.807) is 13.0 Å². The molecule has 0 saturated carbocycles. The molecule has 3 nitrogen and oxygen atoms in total. The Morgan fingerprint density at radius 1 is 1.26 bits per heavy atom. The zero-order valence-corrected chi connectivity index (χ0v) is 10.7. The summed E-state index contributed by atoms with van der Waals surface area (Å²) >= 11 is 0. The van der Waals surface area contributed by atoms with Gasteiger partial charge >= 0.3 is 12.3 Å². The average Bonchev–Trinajstić information content (AvgIpc) is 2.29. The van der Waals surface area contributed by atoms with Crippen molar-refractivity contribution in [3.8, 4) is 5.75 Å². The Kier molecular flexibility index (Phi) is 5.20. The van der Waals surface area contributed by atoms with Gasteiger partial charge in [0.1, 0.15) is 5.75 Å². The first kappa shape index (κ1) is 15.3. The highest BCUT2D eigenvalue weighted by atomic mass is 19.4. The van der Waals surface area contributed by atoms with Crippen LogP contribution in [0.1, 0.15) is 25.0 Å². The number of benzene rings is 1. The van der Waals surface area contributed by atoms with E-state index >= 15 is 0 Å². The maximum atomic E-state index is 12.3. The third-order valence-electron chi connectivity index (χ3n) is 2.41. The number of carbonyl (C=O) groups is 1. The van der Waals surface area contributed by atoms with Crippen LogP contribution in [-0.4, -0.2) is 18.9 Å². The van der Waals surface area contributed by atoms with Crippen LogP contribution in [0.15, 0.2) is 18.2 Å². The van der Waals surface area contributed by atoms with Gasteiger partial charge in [0.25, 0.3) is 0 Å². The number of hydrogen-bond acceptors (Lipinski definition) is 3. The lowest BCUT2D eigenvalue weighted by atomic mass is 10.1. The Labute approximate surface area is 109 Å². The smallest absolute Gasteiger partial charge is 0.466 e. The molecule has 0 aliphatic carbocycles. The molecule has 0 amide bonds. The Hall–Kier alpha value is -1.72. The molecule has 6 heteroatoms. The zero-order valence-electron chi connectivity index (χ0n) is 10.7. The van der Waals surface area contributed by atoms with E-state index in [0.717, 1.165) is 0 Å². The Balaban J connectivity index is 2.98. The zero-order chi connectivity index (χ0) is 14.5. The van der Waals surface area contributed by atoms with Crippen LogP contribution in [0.25, 0.3) is 0 Å². The minimum absolute atomic E-state index is 0.160. The molecule has 0 aromatic heterocycles. The van der Waals surface area contributed by atoms with Crippen molar-refractivity contribution in [1.29, 1.82) is 0 Å². The molecule has 1 aromatic rings. The summed E-state index contributed by atoms with van der Waals surface area (Å²) in [6.07, 6.45) is -4.45. The number of esters is 1. The van der Waals surface area contributed by atoms with Crippen molar-refractivity contribution < 1.29 is 27.4 Å². The highest BCUT2D eigenvalue weighted by Gasteiger charge is 2.32. The fraction of sp³-hybridized carbons (Fsp3) is 0.462. The van der Waals surface area contributed by atoms with Gasteiger partial charge in [0.05, 0.1) is 13.0 Å². The van der Waals surface area contributed by atoms with E-state index in [2.05, 4.69) is 4.74 Å². The monoisotopic (exact) mass is 276 g/mol. The highest BCUT2D eigenvalue weighted by Crippen LogP contribution is 2.28. The second-order valence-corrected chi connectivity index (χ2v) is 3.83. The molecule has 0 radical (unpaired) electrons. The minimum atomic E-state index is -4.78. The van der Waals surface area contributed by atoms with E-state index in [-0.39, 0.29) is 24.3 Å². The van der Waals surface area contributed by atoms with Gasteiger partial charge in [-0.05, 0) is 25.0 Å². The van der Waals surface area contributed by atoms with Crippen molar-refractivity contribution in [2.45, 2.75) is 33.1 Å². The van der Waals surface area contributed by atoms with Gasteiger partial charge in [0.15, 0.2) is 0 Å². The average molecular weight is 276 g/mol. The number of alkyl halides is 3. The first-order chi connectivity index (χ1) is 8.85. The van der Waals surface area contributed by atoms with Gasteiger partial charge in [-0.15, -0.1) is 13.2 Å². The normalized spacial score (nSPS) is 11.2.